The normalized spacial score (nSPS) is 11.7. The molecule has 0 bridgehead atoms. The highest BCUT2D eigenvalue weighted by atomic mass is 16.5. The predicted octanol–water partition coefficient (Wildman–Crippen LogP) is 1.46. The van der Waals surface area contributed by atoms with Gasteiger partial charge in [-0.15, -0.1) is 0 Å². The zero-order valence-corrected chi connectivity index (χ0v) is 13.1. The van der Waals surface area contributed by atoms with Crippen molar-refractivity contribution in [2.75, 3.05) is 21.3 Å². The third-order valence-electron chi connectivity index (χ3n) is 3.19. The van der Waals surface area contributed by atoms with Gasteiger partial charge in [0.2, 0.25) is 5.91 Å². The van der Waals surface area contributed by atoms with Crippen LogP contribution < -0.4 is 25.3 Å². The predicted molar refractivity (Wildman–Crippen MR) is 80.8 cm³/mol. The Balaban J connectivity index is 2.89. The van der Waals surface area contributed by atoms with Crippen molar-refractivity contribution in [3.05, 3.63) is 17.7 Å². The van der Waals surface area contributed by atoms with E-state index in [1.165, 1.54) is 0 Å². The number of methoxy groups -OCH3 is 3. The largest absolute Gasteiger partial charge is 0.496 e. The highest BCUT2D eigenvalue weighted by Gasteiger charge is 2.16. The van der Waals surface area contributed by atoms with Crippen LogP contribution >= 0.6 is 0 Å². The molecule has 0 saturated heterocycles. The fourth-order valence-electron chi connectivity index (χ4n) is 2.00. The van der Waals surface area contributed by atoms with Gasteiger partial charge in [-0.2, -0.15) is 0 Å². The lowest BCUT2D eigenvalue weighted by atomic mass is 10.1. The van der Waals surface area contributed by atoms with Crippen molar-refractivity contribution in [1.29, 1.82) is 0 Å². The minimum atomic E-state index is -0.495. The average Bonchev–Trinajstić information content (AvgIpc) is 2.51. The summed E-state index contributed by atoms with van der Waals surface area (Å²) in [5.74, 6) is 1.63. The van der Waals surface area contributed by atoms with Crippen molar-refractivity contribution < 1.29 is 19.0 Å². The fourth-order valence-corrected chi connectivity index (χ4v) is 2.00. The fraction of sp³-hybridized carbons (Fsp3) is 0.533. The maximum absolute atomic E-state index is 11.9. The van der Waals surface area contributed by atoms with Crippen molar-refractivity contribution in [3.8, 4) is 17.2 Å². The number of ether oxygens (including phenoxy) is 3. The number of nitrogens with two attached hydrogens (primary N) is 1. The third-order valence-corrected chi connectivity index (χ3v) is 3.19. The van der Waals surface area contributed by atoms with Crippen LogP contribution in [0.25, 0.3) is 0 Å². The Bertz CT molecular complexity index is 452. The summed E-state index contributed by atoms with van der Waals surface area (Å²) in [4.78, 5) is 11.9. The highest BCUT2D eigenvalue weighted by molar-refractivity contribution is 5.81. The quantitative estimate of drug-likeness (QED) is 0.759. The van der Waals surface area contributed by atoms with E-state index in [0.29, 0.717) is 23.7 Å². The molecule has 3 N–H and O–H groups in total. The Morgan fingerprint density at radius 3 is 2.19 bits per heavy atom. The van der Waals surface area contributed by atoms with E-state index >= 15 is 0 Å². The lowest BCUT2D eigenvalue weighted by Gasteiger charge is -2.17. The summed E-state index contributed by atoms with van der Waals surface area (Å²) in [6.45, 7) is 2.27. The maximum atomic E-state index is 11.9. The van der Waals surface area contributed by atoms with Crippen LogP contribution in [0.1, 0.15) is 25.3 Å². The van der Waals surface area contributed by atoms with Gasteiger partial charge >= 0.3 is 0 Å². The number of carbonyl (C=O) groups excluding carboxylic acids is 1. The summed E-state index contributed by atoms with van der Waals surface area (Å²) in [6.07, 6.45) is 1.52. The van der Waals surface area contributed by atoms with E-state index in [9.17, 15) is 4.79 Å². The average molecular weight is 296 g/mol. The first-order valence-corrected chi connectivity index (χ1v) is 6.89. The first kappa shape index (κ1) is 17.1. The molecule has 1 atom stereocenters. The van der Waals surface area contributed by atoms with Gasteiger partial charge in [0, 0.05) is 12.1 Å². The number of hydrogen-bond acceptors (Lipinski definition) is 5. The molecular formula is C15H24N2O4. The Morgan fingerprint density at radius 2 is 1.76 bits per heavy atom. The van der Waals surface area contributed by atoms with Gasteiger partial charge in [0.15, 0.2) is 0 Å². The van der Waals surface area contributed by atoms with Crippen LogP contribution in [-0.2, 0) is 11.3 Å². The number of rotatable bonds is 8. The molecule has 0 fully saturated rings. The monoisotopic (exact) mass is 296 g/mol. The van der Waals surface area contributed by atoms with Crippen molar-refractivity contribution in [2.24, 2.45) is 5.73 Å². The van der Waals surface area contributed by atoms with Crippen molar-refractivity contribution in [1.82, 2.24) is 5.32 Å². The van der Waals surface area contributed by atoms with E-state index in [0.717, 1.165) is 12.0 Å². The van der Waals surface area contributed by atoms with Crippen LogP contribution in [0, 0.1) is 0 Å². The zero-order chi connectivity index (χ0) is 15.8. The van der Waals surface area contributed by atoms with Crippen LogP contribution in [0.15, 0.2) is 12.1 Å². The van der Waals surface area contributed by atoms with Crippen LogP contribution in [0.4, 0.5) is 0 Å². The Kier molecular flexibility index (Phi) is 6.81. The van der Waals surface area contributed by atoms with Gasteiger partial charge in [-0.3, -0.25) is 4.79 Å². The first-order chi connectivity index (χ1) is 10.1. The van der Waals surface area contributed by atoms with Crippen LogP contribution in [0.5, 0.6) is 17.2 Å². The molecule has 0 saturated carbocycles. The van der Waals surface area contributed by atoms with Crippen LogP contribution in [0.2, 0.25) is 0 Å². The topological polar surface area (TPSA) is 82.8 Å². The van der Waals surface area contributed by atoms with Gasteiger partial charge in [-0.25, -0.2) is 0 Å². The van der Waals surface area contributed by atoms with Gasteiger partial charge in [0.1, 0.15) is 17.2 Å². The molecule has 0 aliphatic carbocycles. The highest BCUT2D eigenvalue weighted by Crippen LogP contribution is 2.33. The van der Waals surface area contributed by atoms with Crippen molar-refractivity contribution in [3.63, 3.8) is 0 Å². The molecule has 0 spiro atoms. The molecule has 6 nitrogen and oxygen atoms in total. The van der Waals surface area contributed by atoms with Crippen LogP contribution in [-0.4, -0.2) is 33.3 Å². The van der Waals surface area contributed by atoms with E-state index in [-0.39, 0.29) is 12.5 Å². The van der Waals surface area contributed by atoms with Crippen molar-refractivity contribution >= 4 is 5.91 Å². The summed E-state index contributed by atoms with van der Waals surface area (Å²) < 4.78 is 15.8. The molecule has 118 valence electrons. The lowest BCUT2D eigenvalue weighted by molar-refractivity contribution is -0.122. The molecule has 0 aromatic heterocycles. The van der Waals surface area contributed by atoms with E-state index in [1.54, 1.807) is 33.5 Å². The molecule has 21 heavy (non-hydrogen) atoms. The summed E-state index contributed by atoms with van der Waals surface area (Å²) in [5, 5.41) is 2.81. The van der Waals surface area contributed by atoms with Crippen LogP contribution in [0.3, 0.4) is 0 Å². The van der Waals surface area contributed by atoms with Gasteiger partial charge < -0.3 is 25.3 Å². The van der Waals surface area contributed by atoms with E-state index in [4.69, 9.17) is 19.9 Å². The molecule has 1 aromatic rings. The number of benzene rings is 1. The smallest absolute Gasteiger partial charge is 0.237 e. The Morgan fingerprint density at radius 1 is 1.19 bits per heavy atom. The summed E-state index contributed by atoms with van der Waals surface area (Å²) in [5.41, 5.74) is 6.53. The second-order valence-electron chi connectivity index (χ2n) is 4.62. The summed E-state index contributed by atoms with van der Waals surface area (Å²) in [7, 11) is 4.68. The van der Waals surface area contributed by atoms with Gasteiger partial charge in [-0.1, -0.05) is 13.3 Å². The third kappa shape index (κ3) is 4.53. The molecule has 1 unspecified atom stereocenters. The van der Waals surface area contributed by atoms with Crippen molar-refractivity contribution in [2.45, 2.75) is 32.4 Å². The van der Waals surface area contributed by atoms with E-state index in [2.05, 4.69) is 5.32 Å². The molecule has 6 heteroatoms. The lowest BCUT2D eigenvalue weighted by Crippen LogP contribution is -2.40. The molecule has 0 radical (unpaired) electrons. The number of nitrogens with one attached hydrogen (secondary N) is 1. The minimum absolute atomic E-state index is 0.184. The zero-order valence-electron chi connectivity index (χ0n) is 13.1. The van der Waals surface area contributed by atoms with Gasteiger partial charge in [-0.05, 0) is 6.42 Å². The second kappa shape index (κ2) is 8.36. The Labute approximate surface area is 125 Å². The second-order valence-corrected chi connectivity index (χ2v) is 4.62. The summed E-state index contributed by atoms with van der Waals surface area (Å²) >= 11 is 0. The SMILES string of the molecule is CCCC(N)C(=O)NCc1c(OC)cc(OC)cc1OC. The Hall–Kier alpha value is -1.95. The number of hydrogen-bond donors (Lipinski definition) is 2. The number of amides is 1. The molecule has 1 rings (SSSR count). The molecule has 0 aliphatic rings. The van der Waals surface area contributed by atoms with Gasteiger partial charge in [0.25, 0.3) is 0 Å². The standard InChI is InChI=1S/C15H24N2O4/c1-5-6-12(16)15(18)17-9-11-13(20-3)7-10(19-2)8-14(11)21-4/h7-8,12H,5-6,9,16H2,1-4H3,(H,17,18). The molecule has 1 amide bonds. The first-order valence-electron chi connectivity index (χ1n) is 6.89. The van der Waals surface area contributed by atoms with E-state index in [1.807, 2.05) is 6.92 Å². The van der Waals surface area contributed by atoms with Gasteiger partial charge in [0.05, 0.1) is 39.5 Å². The molecule has 1 aromatic carbocycles. The molecule has 0 aliphatic heterocycles. The minimum Gasteiger partial charge on any atom is -0.496 e. The van der Waals surface area contributed by atoms with E-state index < -0.39 is 6.04 Å². The number of carbonyl (C=O) groups is 1. The summed E-state index contributed by atoms with van der Waals surface area (Å²) in [6, 6.07) is 3.00. The molecular weight excluding hydrogens is 272 g/mol. The molecule has 0 heterocycles. The maximum Gasteiger partial charge on any atom is 0.237 e.